The predicted molar refractivity (Wildman–Crippen MR) is 104 cm³/mol. The molecular formula is C16H33IN4O. The Hall–Kier alpha value is -0.530. The van der Waals surface area contributed by atoms with Gasteiger partial charge in [-0.25, -0.2) is 0 Å². The number of halogens is 1. The second-order valence-corrected chi connectivity index (χ2v) is 6.19. The van der Waals surface area contributed by atoms with E-state index >= 15 is 0 Å². The lowest BCUT2D eigenvalue weighted by Gasteiger charge is -2.37. The lowest BCUT2D eigenvalue weighted by atomic mass is 9.92. The third kappa shape index (κ3) is 8.19. The number of carbonyl (C=O) groups excluding carboxylic acids is 1. The molecule has 0 spiro atoms. The maximum Gasteiger partial charge on any atom is 0.221 e. The molecule has 0 aliphatic carbocycles. The first-order valence-electron chi connectivity index (χ1n) is 8.36. The molecule has 6 heteroatoms. The third-order valence-corrected chi connectivity index (χ3v) is 3.68. The van der Waals surface area contributed by atoms with Gasteiger partial charge in [-0.15, -0.1) is 24.0 Å². The maximum atomic E-state index is 11.6. The molecule has 2 N–H and O–H groups in total. The molecule has 0 aromatic carbocycles. The van der Waals surface area contributed by atoms with Crippen LogP contribution in [0.4, 0.5) is 0 Å². The van der Waals surface area contributed by atoms with Crippen LogP contribution >= 0.6 is 24.0 Å². The first-order valence-corrected chi connectivity index (χ1v) is 8.36. The van der Waals surface area contributed by atoms with Gasteiger partial charge in [-0.3, -0.25) is 9.79 Å². The highest BCUT2D eigenvalue weighted by Gasteiger charge is 2.23. The Kier molecular flexibility index (Phi) is 11.7. The SMILES string of the molecule is CCCNC(=O)CCN=C(NCC)N1CC(C)CC(C)C1.I. The fourth-order valence-corrected chi connectivity index (χ4v) is 2.88. The molecule has 0 radical (unpaired) electrons. The van der Waals surface area contributed by atoms with Gasteiger partial charge in [0.2, 0.25) is 5.91 Å². The van der Waals surface area contributed by atoms with Crippen LogP contribution in [0.15, 0.2) is 4.99 Å². The van der Waals surface area contributed by atoms with Gasteiger partial charge < -0.3 is 15.5 Å². The monoisotopic (exact) mass is 424 g/mol. The highest BCUT2D eigenvalue weighted by molar-refractivity contribution is 14.0. The summed E-state index contributed by atoms with van der Waals surface area (Å²) in [4.78, 5) is 18.6. The highest BCUT2D eigenvalue weighted by atomic mass is 127. The molecule has 22 heavy (non-hydrogen) atoms. The van der Waals surface area contributed by atoms with E-state index < -0.39 is 0 Å². The lowest BCUT2D eigenvalue weighted by Crippen LogP contribution is -2.48. The molecule has 130 valence electrons. The topological polar surface area (TPSA) is 56.7 Å². The van der Waals surface area contributed by atoms with Crippen LogP contribution in [0, 0.1) is 11.8 Å². The van der Waals surface area contributed by atoms with Gasteiger partial charge >= 0.3 is 0 Å². The molecule has 1 amide bonds. The molecule has 1 aliphatic heterocycles. The molecule has 2 unspecified atom stereocenters. The third-order valence-electron chi connectivity index (χ3n) is 3.68. The number of guanidine groups is 1. The average Bonchev–Trinajstić information content (AvgIpc) is 2.43. The Labute approximate surface area is 152 Å². The van der Waals surface area contributed by atoms with E-state index in [9.17, 15) is 4.79 Å². The van der Waals surface area contributed by atoms with Crippen LogP contribution in [0.1, 0.15) is 47.0 Å². The van der Waals surface area contributed by atoms with E-state index in [2.05, 4.69) is 48.2 Å². The van der Waals surface area contributed by atoms with Crippen molar-refractivity contribution in [2.75, 3.05) is 32.7 Å². The van der Waals surface area contributed by atoms with Gasteiger partial charge in [-0.05, 0) is 31.6 Å². The van der Waals surface area contributed by atoms with Crippen LogP contribution in [0.3, 0.4) is 0 Å². The highest BCUT2D eigenvalue weighted by Crippen LogP contribution is 2.20. The number of piperidine rings is 1. The second-order valence-electron chi connectivity index (χ2n) is 6.19. The Morgan fingerprint density at radius 1 is 1.18 bits per heavy atom. The minimum Gasteiger partial charge on any atom is -0.357 e. The smallest absolute Gasteiger partial charge is 0.221 e. The van der Waals surface area contributed by atoms with Crippen molar-refractivity contribution in [3.05, 3.63) is 0 Å². The maximum absolute atomic E-state index is 11.6. The van der Waals surface area contributed by atoms with Gasteiger partial charge in [0.05, 0.1) is 6.54 Å². The van der Waals surface area contributed by atoms with Crippen LogP contribution in [-0.2, 0) is 4.79 Å². The largest absolute Gasteiger partial charge is 0.357 e. The van der Waals surface area contributed by atoms with Gasteiger partial charge in [0, 0.05) is 32.6 Å². The van der Waals surface area contributed by atoms with Crippen molar-refractivity contribution in [1.82, 2.24) is 15.5 Å². The van der Waals surface area contributed by atoms with E-state index in [0.29, 0.717) is 24.8 Å². The zero-order chi connectivity index (χ0) is 15.7. The quantitative estimate of drug-likeness (QED) is 0.391. The summed E-state index contributed by atoms with van der Waals surface area (Å²) in [6.07, 6.45) is 2.73. The van der Waals surface area contributed by atoms with Gasteiger partial charge in [0.25, 0.3) is 0 Å². The summed E-state index contributed by atoms with van der Waals surface area (Å²) in [6.45, 7) is 13.0. The fourth-order valence-electron chi connectivity index (χ4n) is 2.88. The Morgan fingerprint density at radius 3 is 2.36 bits per heavy atom. The van der Waals surface area contributed by atoms with Gasteiger partial charge in [0.1, 0.15) is 0 Å². The van der Waals surface area contributed by atoms with E-state index in [0.717, 1.165) is 38.6 Å². The van der Waals surface area contributed by atoms with E-state index in [1.165, 1.54) is 6.42 Å². The van der Waals surface area contributed by atoms with Crippen molar-refractivity contribution in [2.24, 2.45) is 16.8 Å². The number of hydrogen-bond acceptors (Lipinski definition) is 2. The zero-order valence-corrected chi connectivity index (χ0v) is 16.9. The van der Waals surface area contributed by atoms with Crippen LogP contribution in [0.5, 0.6) is 0 Å². The molecule has 1 rings (SSSR count). The molecular weight excluding hydrogens is 391 g/mol. The molecule has 0 bridgehead atoms. The van der Waals surface area contributed by atoms with Crippen molar-refractivity contribution in [3.8, 4) is 0 Å². The number of amides is 1. The minimum absolute atomic E-state index is 0. The van der Waals surface area contributed by atoms with Crippen LogP contribution in [-0.4, -0.2) is 49.5 Å². The molecule has 2 atom stereocenters. The van der Waals surface area contributed by atoms with Crippen LogP contribution in [0.2, 0.25) is 0 Å². The van der Waals surface area contributed by atoms with Crippen molar-refractivity contribution >= 4 is 35.8 Å². The van der Waals surface area contributed by atoms with E-state index in [1.54, 1.807) is 0 Å². The summed E-state index contributed by atoms with van der Waals surface area (Å²) in [5.41, 5.74) is 0. The number of rotatable bonds is 6. The molecule has 1 saturated heterocycles. The Bertz CT molecular complexity index is 339. The van der Waals surface area contributed by atoms with Gasteiger partial charge in [-0.2, -0.15) is 0 Å². The van der Waals surface area contributed by atoms with Crippen molar-refractivity contribution in [1.29, 1.82) is 0 Å². The number of likely N-dealkylation sites (tertiary alicyclic amines) is 1. The second kappa shape index (κ2) is 12.0. The van der Waals surface area contributed by atoms with Crippen molar-refractivity contribution in [2.45, 2.75) is 47.0 Å². The van der Waals surface area contributed by atoms with E-state index in [1.807, 2.05) is 0 Å². The molecule has 0 saturated carbocycles. The van der Waals surface area contributed by atoms with Crippen LogP contribution < -0.4 is 10.6 Å². The summed E-state index contributed by atoms with van der Waals surface area (Å²) in [7, 11) is 0. The molecule has 1 heterocycles. The summed E-state index contributed by atoms with van der Waals surface area (Å²) < 4.78 is 0. The first kappa shape index (κ1) is 21.5. The molecule has 0 aromatic heterocycles. The zero-order valence-electron chi connectivity index (χ0n) is 14.5. The lowest BCUT2D eigenvalue weighted by molar-refractivity contribution is -0.120. The summed E-state index contributed by atoms with van der Waals surface area (Å²) >= 11 is 0. The molecule has 1 fully saturated rings. The van der Waals surface area contributed by atoms with Crippen LogP contribution in [0.25, 0.3) is 0 Å². The Morgan fingerprint density at radius 2 is 1.82 bits per heavy atom. The fraction of sp³-hybridized carbons (Fsp3) is 0.875. The number of hydrogen-bond donors (Lipinski definition) is 2. The minimum atomic E-state index is 0. The average molecular weight is 424 g/mol. The number of carbonyl (C=O) groups is 1. The Balaban J connectivity index is 0.00000441. The molecule has 1 aliphatic rings. The van der Waals surface area contributed by atoms with E-state index in [4.69, 9.17) is 0 Å². The summed E-state index contributed by atoms with van der Waals surface area (Å²) in [6, 6.07) is 0. The number of nitrogens with one attached hydrogen (secondary N) is 2. The van der Waals surface area contributed by atoms with Gasteiger partial charge in [0.15, 0.2) is 5.96 Å². The van der Waals surface area contributed by atoms with Gasteiger partial charge in [-0.1, -0.05) is 20.8 Å². The number of aliphatic imine (C=N–C) groups is 1. The van der Waals surface area contributed by atoms with E-state index in [-0.39, 0.29) is 29.9 Å². The molecule has 5 nitrogen and oxygen atoms in total. The van der Waals surface area contributed by atoms with Crippen molar-refractivity contribution in [3.63, 3.8) is 0 Å². The first-order chi connectivity index (χ1) is 10.1. The normalized spacial score (nSPS) is 22.0. The van der Waals surface area contributed by atoms with Crippen molar-refractivity contribution < 1.29 is 4.79 Å². The summed E-state index contributed by atoms with van der Waals surface area (Å²) in [5.74, 6) is 2.45. The predicted octanol–water partition coefficient (Wildman–Crippen LogP) is 2.46. The molecule has 0 aromatic rings. The summed E-state index contributed by atoms with van der Waals surface area (Å²) in [5, 5.41) is 6.24. The number of nitrogens with zero attached hydrogens (tertiary/aromatic N) is 2. The standard InChI is InChI=1S/C16H32N4O.HI/c1-5-8-18-15(21)7-9-19-16(17-6-2)20-11-13(3)10-14(4)12-20;/h13-14H,5-12H2,1-4H3,(H,17,19)(H,18,21);1H.